The molecule has 0 heterocycles. The SMILES string of the molecule is CN=C(NCCc1cccc(C(=O)N(C)C)c1)NC(C)c1ccc(F)cc1F.I. The summed E-state index contributed by atoms with van der Waals surface area (Å²) >= 11 is 0. The van der Waals surface area contributed by atoms with Gasteiger partial charge in [-0.1, -0.05) is 18.2 Å². The lowest BCUT2D eigenvalue weighted by Crippen LogP contribution is -2.39. The smallest absolute Gasteiger partial charge is 0.253 e. The second-order valence-corrected chi connectivity index (χ2v) is 6.68. The molecule has 2 aromatic carbocycles. The van der Waals surface area contributed by atoms with E-state index in [0.717, 1.165) is 11.6 Å². The van der Waals surface area contributed by atoms with Gasteiger partial charge in [-0.25, -0.2) is 8.78 Å². The van der Waals surface area contributed by atoms with Crippen LogP contribution in [0, 0.1) is 11.6 Å². The maximum Gasteiger partial charge on any atom is 0.253 e. The summed E-state index contributed by atoms with van der Waals surface area (Å²) in [5.41, 5.74) is 2.03. The van der Waals surface area contributed by atoms with E-state index in [1.807, 2.05) is 18.2 Å². The highest BCUT2D eigenvalue weighted by Crippen LogP contribution is 2.17. The number of hydrogen-bond donors (Lipinski definition) is 2. The number of amides is 1. The van der Waals surface area contributed by atoms with Crippen LogP contribution < -0.4 is 10.6 Å². The summed E-state index contributed by atoms with van der Waals surface area (Å²) in [5.74, 6) is -0.733. The van der Waals surface area contributed by atoms with Crippen LogP contribution in [-0.2, 0) is 6.42 Å². The molecule has 2 aromatic rings. The van der Waals surface area contributed by atoms with Crippen LogP contribution in [0.5, 0.6) is 0 Å². The Morgan fingerprint density at radius 2 is 1.90 bits per heavy atom. The van der Waals surface area contributed by atoms with Crippen molar-refractivity contribution < 1.29 is 13.6 Å². The second kappa shape index (κ2) is 11.7. The number of aliphatic imine (C=N–C) groups is 1. The number of rotatable bonds is 6. The first-order valence-corrected chi connectivity index (χ1v) is 9.04. The number of carbonyl (C=O) groups excluding carboxylic acids is 1. The molecule has 158 valence electrons. The summed E-state index contributed by atoms with van der Waals surface area (Å²) in [7, 11) is 5.06. The van der Waals surface area contributed by atoms with E-state index in [-0.39, 0.29) is 35.9 Å². The van der Waals surface area contributed by atoms with Gasteiger partial charge in [0.1, 0.15) is 11.6 Å². The van der Waals surface area contributed by atoms with Gasteiger partial charge >= 0.3 is 0 Å². The van der Waals surface area contributed by atoms with E-state index in [9.17, 15) is 13.6 Å². The van der Waals surface area contributed by atoms with Crippen molar-refractivity contribution in [3.05, 3.63) is 70.8 Å². The lowest BCUT2D eigenvalue weighted by molar-refractivity contribution is 0.0827. The van der Waals surface area contributed by atoms with Gasteiger partial charge in [-0.2, -0.15) is 0 Å². The molecule has 2 rings (SSSR count). The Balaban J connectivity index is 0.00000420. The molecule has 1 unspecified atom stereocenters. The Kier molecular flexibility index (Phi) is 10.0. The van der Waals surface area contributed by atoms with Gasteiger partial charge in [-0.05, 0) is 37.1 Å². The van der Waals surface area contributed by atoms with Crippen molar-refractivity contribution in [1.82, 2.24) is 15.5 Å². The second-order valence-electron chi connectivity index (χ2n) is 6.68. The molecule has 1 amide bonds. The number of guanidine groups is 1. The van der Waals surface area contributed by atoms with Gasteiger partial charge in [-0.15, -0.1) is 24.0 Å². The third-order valence-corrected chi connectivity index (χ3v) is 4.29. The van der Waals surface area contributed by atoms with E-state index in [0.29, 0.717) is 30.1 Å². The van der Waals surface area contributed by atoms with Crippen LogP contribution in [0.4, 0.5) is 8.78 Å². The van der Waals surface area contributed by atoms with Gasteiger partial charge in [0.2, 0.25) is 0 Å². The lowest BCUT2D eigenvalue weighted by Gasteiger charge is -2.19. The van der Waals surface area contributed by atoms with Gasteiger partial charge in [0, 0.05) is 44.9 Å². The minimum Gasteiger partial charge on any atom is -0.356 e. The molecule has 0 saturated carbocycles. The standard InChI is InChI=1S/C21H26F2N4O.HI/c1-14(18-9-8-17(22)13-19(18)23)26-21(24-2)25-11-10-15-6-5-7-16(12-15)20(28)27(3)4;/h5-9,12-14H,10-11H2,1-4H3,(H2,24,25,26);1H. The number of benzene rings is 2. The van der Waals surface area contributed by atoms with Crippen molar-refractivity contribution in [2.45, 2.75) is 19.4 Å². The van der Waals surface area contributed by atoms with Crippen LogP contribution in [-0.4, -0.2) is 44.5 Å². The third kappa shape index (κ3) is 7.26. The molecule has 0 fully saturated rings. The Bertz CT molecular complexity index is 858. The van der Waals surface area contributed by atoms with Crippen LogP contribution in [0.15, 0.2) is 47.5 Å². The summed E-state index contributed by atoms with van der Waals surface area (Å²) in [6, 6.07) is 10.6. The highest BCUT2D eigenvalue weighted by molar-refractivity contribution is 14.0. The van der Waals surface area contributed by atoms with Gasteiger partial charge in [0.15, 0.2) is 5.96 Å². The van der Waals surface area contributed by atoms with Crippen molar-refractivity contribution in [2.24, 2.45) is 4.99 Å². The molecule has 0 aliphatic rings. The maximum absolute atomic E-state index is 13.9. The molecule has 0 aromatic heterocycles. The topological polar surface area (TPSA) is 56.7 Å². The van der Waals surface area contributed by atoms with Gasteiger partial charge in [0.05, 0.1) is 6.04 Å². The van der Waals surface area contributed by atoms with Crippen LogP contribution >= 0.6 is 24.0 Å². The number of nitrogens with one attached hydrogen (secondary N) is 2. The number of nitrogens with zero attached hydrogens (tertiary/aromatic N) is 2. The molecule has 0 aliphatic carbocycles. The summed E-state index contributed by atoms with van der Waals surface area (Å²) in [6.45, 7) is 2.36. The van der Waals surface area contributed by atoms with Gasteiger partial charge < -0.3 is 15.5 Å². The Hall–Kier alpha value is -2.23. The number of carbonyl (C=O) groups is 1. The minimum absolute atomic E-state index is 0. The van der Waals surface area contributed by atoms with Crippen molar-refractivity contribution in [1.29, 1.82) is 0 Å². The average molecular weight is 516 g/mol. The molecule has 0 aliphatic heterocycles. The molecule has 2 N–H and O–H groups in total. The summed E-state index contributed by atoms with van der Waals surface area (Å²) in [4.78, 5) is 17.7. The molecule has 0 bridgehead atoms. The van der Waals surface area contributed by atoms with E-state index in [2.05, 4.69) is 15.6 Å². The van der Waals surface area contributed by atoms with Crippen molar-refractivity contribution in [3.8, 4) is 0 Å². The van der Waals surface area contributed by atoms with Crippen molar-refractivity contribution >= 4 is 35.8 Å². The maximum atomic E-state index is 13.9. The molecule has 0 saturated heterocycles. The Labute approximate surface area is 187 Å². The average Bonchev–Trinajstić information content (AvgIpc) is 2.66. The highest BCUT2D eigenvalue weighted by atomic mass is 127. The van der Waals surface area contributed by atoms with E-state index in [4.69, 9.17) is 0 Å². The first-order valence-electron chi connectivity index (χ1n) is 9.04. The van der Waals surface area contributed by atoms with Crippen LogP contribution in [0.3, 0.4) is 0 Å². The van der Waals surface area contributed by atoms with Gasteiger partial charge in [0.25, 0.3) is 5.91 Å². The molecule has 0 radical (unpaired) electrons. The van der Waals surface area contributed by atoms with Crippen LogP contribution in [0.1, 0.15) is 34.5 Å². The summed E-state index contributed by atoms with van der Waals surface area (Å²) < 4.78 is 27.0. The van der Waals surface area contributed by atoms with Crippen molar-refractivity contribution in [3.63, 3.8) is 0 Å². The zero-order valence-corrected chi connectivity index (χ0v) is 19.3. The van der Waals surface area contributed by atoms with Gasteiger partial charge in [-0.3, -0.25) is 9.79 Å². The van der Waals surface area contributed by atoms with Crippen molar-refractivity contribution in [2.75, 3.05) is 27.7 Å². The van der Waals surface area contributed by atoms with Crippen LogP contribution in [0.25, 0.3) is 0 Å². The molecule has 8 heteroatoms. The predicted molar refractivity (Wildman–Crippen MR) is 123 cm³/mol. The first kappa shape index (κ1) is 24.8. The molecule has 0 spiro atoms. The minimum atomic E-state index is -0.606. The zero-order chi connectivity index (χ0) is 20.7. The quantitative estimate of drug-likeness (QED) is 0.350. The Morgan fingerprint density at radius 1 is 1.17 bits per heavy atom. The molecule has 29 heavy (non-hydrogen) atoms. The monoisotopic (exact) mass is 516 g/mol. The fraction of sp³-hybridized carbons (Fsp3) is 0.333. The van der Waals surface area contributed by atoms with E-state index >= 15 is 0 Å². The van der Waals surface area contributed by atoms with E-state index in [1.165, 1.54) is 12.1 Å². The molecular weight excluding hydrogens is 489 g/mol. The summed E-state index contributed by atoms with van der Waals surface area (Å²) in [6.07, 6.45) is 0.689. The molecular formula is C21H27F2IN4O. The van der Waals surface area contributed by atoms with E-state index in [1.54, 1.807) is 39.0 Å². The zero-order valence-electron chi connectivity index (χ0n) is 17.0. The normalized spacial score (nSPS) is 12.0. The molecule has 5 nitrogen and oxygen atoms in total. The molecule has 1 atom stereocenters. The fourth-order valence-corrected chi connectivity index (χ4v) is 2.77. The highest BCUT2D eigenvalue weighted by Gasteiger charge is 2.13. The summed E-state index contributed by atoms with van der Waals surface area (Å²) in [5, 5.41) is 6.26. The van der Waals surface area contributed by atoms with E-state index < -0.39 is 11.6 Å². The largest absolute Gasteiger partial charge is 0.356 e. The Morgan fingerprint density at radius 3 is 2.52 bits per heavy atom. The lowest BCUT2D eigenvalue weighted by atomic mass is 10.1. The fourth-order valence-electron chi connectivity index (χ4n) is 2.77. The van der Waals surface area contributed by atoms with Crippen LogP contribution in [0.2, 0.25) is 0 Å². The number of hydrogen-bond acceptors (Lipinski definition) is 2. The third-order valence-electron chi connectivity index (χ3n) is 4.29. The predicted octanol–water partition coefficient (Wildman–Crippen LogP) is 3.75. The first-order chi connectivity index (χ1) is 13.3. The number of halogens is 3.